The number of likely N-dealkylation sites (tertiary alicyclic amines) is 1. The topological polar surface area (TPSA) is 32.7 Å². The Morgan fingerprint density at radius 3 is 2.72 bits per heavy atom. The molecule has 0 unspecified atom stereocenters. The van der Waals surface area contributed by atoms with Crippen LogP contribution in [0.1, 0.15) is 18.4 Å². The first-order valence-electron chi connectivity index (χ1n) is 6.38. The quantitative estimate of drug-likeness (QED) is 0.885. The summed E-state index contributed by atoms with van der Waals surface area (Å²) in [6.45, 7) is 1.90. The van der Waals surface area contributed by atoms with Gasteiger partial charge in [0.05, 0.1) is 12.7 Å². The third-order valence-electron chi connectivity index (χ3n) is 3.99. The van der Waals surface area contributed by atoms with Crippen molar-refractivity contribution in [3.63, 3.8) is 0 Å². The molecule has 0 radical (unpaired) electrons. The van der Waals surface area contributed by atoms with E-state index in [9.17, 15) is 9.50 Å². The van der Waals surface area contributed by atoms with Gasteiger partial charge in [0.2, 0.25) is 0 Å². The van der Waals surface area contributed by atoms with Crippen LogP contribution in [0.25, 0.3) is 0 Å². The molecule has 1 heterocycles. The lowest BCUT2D eigenvalue weighted by molar-refractivity contribution is -0.116. The zero-order valence-corrected chi connectivity index (χ0v) is 10.5. The van der Waals surface area contributed by atoms with Gasteiger partial charge in [-0.1, -0.05) is 6.07 Å². The molecule has 98 valence electrons. The second-order valence-electron chi connectivity index (χ2n) is 5.48. The minimum absolute atomic E-state index is 0.240. The standard InChI is InChI=1S/C14H18FNO2/c1-18-12-5-2-10(13(15)6-12)7-16-8-14(17,9-16)11-3-4-11/h2,5-6,11,17H,3-4,7-9H2,1H3. The highest BCUT2D eigenvalue weighted by atomic mass is 19.1. The molecular formula is C14H18FNO2. The smallest absolute Gasteiger partial charge is 0.131 e. The summed E-state index contributed by atoms with van der Waals surface area (Å²) < 4.78 is 18.7. The Bertz CT molecular complexity index is 453. The zero-order valence-electron chi connectivity index (χ0n) is 10.5. The van der Waals surface area contributed by atoms with Crippen molar-refractivity contribution in [3.05, 3.63) is 29.6 Å². The minimum atomic E-state index is -0.497. The average Bonchev–Trinajstić information content (AvgIpc) is 3.13. The van der Waals surface area contributed by atoms with Gasteiger partial charge in [-0.25, -0.2) is 4.39 Å². The first kappa shape index (κ1) is 11.9. The summed E-state index contributed by atoms with van der Waals surface area (Å²) >= 11 is 0. The van der Waals surface area contributed by atoms with Gasteiger partial charge in [-0.3, -0.25) is 4.90 Å². The highest BCUT2D eigenvalue weighted by molar-refractivity contribution is 5.29. The van der Waals surface area contributed by atoms with Crippen LogP contribution in [0.3, 0.4) is 0 Å². The molecule has 3 nitrogen and oxygen atoms in total. The number of nitrogens with zero attached hydrogens (tertiary/aromatic N) is 1. The van der Waals surface area contributed by atoms with E-state index in [0.717, 1.165) is 12.8 Å². The summed E-state index contributed by atoms with van der Waals surface area (Å²) in [5.74, 6) is 0.778. The maximum Gasteiger partial charge on any atom is 0.131 e. The lowest BCUT2D eigenvalue weighted by Gasteiger charge is -2.47. The molecule has 0 amide bonds. The minimum Gasteiger partial charge on any atom is -0.497 e. The van der Waals surface area contributed by atoms with Gasteiger partial charge in [-0.05, 0) is 24.8 Å². The number of aliphatic hydroxyl groups is 1. The monoisotopic (exact) mass is 251 g/mol. The molecule has 4 heteroatoms. The molecule has 1 N–H and O–H groups in total. The number of methoxy groups -OCH3 is 1. The van der Waals surface area contributed by atoms with Crippen LogP contribution in [0.2, 0.25) is 0 Å². The van der Waals surface area contributed by atoms with Gasteiger partial charge in [0.25, 0.3) is 0 Å². The fourth-order valence-electron chi connectivity index (χ4n) is 2.74. The number of hydrogen-bond acceptors (Lipinski definition) is 3. The van der Waals surface area contributed by atoms with Crippen molar-refractivity contribution in [3.8, 4) is 5.75 Å². The number of hydrogen-bond donors (Lipinski definition) is 1. The van der Waals surface area contributed by atoms with Gasteiger partial charge in [0, 0.05) is 31.3 Å². The van der Waals surface area contributed by atoms with Crippen molar-refractivity contribution in [2.24, 2.45) is 5.92 Å². The van der Waals surface area contributed by atoms with Gasteiger partial charge >= 0.3 is 0 Å². The summed E-state index contributed by atoms with van der Waals surface area (Å²) in [5.41, 5.74) is 0.164. The molecule has 3 rings (SSSR count). The van der Waals surface area contributed by atoms with E-state index in [0.29, 0.717) is 36.9 Å². The number of rotatable bonds is 4. The Hall–Kier alpha value is -1.13. The van der Waals surface area contributed by atoms with Crippen LogP contribution in [0.15, 0.2) is 18.2 Å². The number of halogens is 1. The third-order valence-corrected chi connectivity index (χ3v) is 3.99. The summed E-state index contributed by atoms with van der Waals surface area (Å²) in [5, 5.41) is 10.2. The lowest BCUT2D eigenvalue weighted by atomic mass is 9.88. The molecule has 0 bridgehead atoms. The van der Waals surface area contributed by atoms with Crippen molar-refractivity contribution in [2.45, 2.75) is 25.0 Å². The van der Waals surface area contributed by atoms with Crippen LogP contribution >= 0.6 is 0 Å². The Balaban J connectivity index is 1.61. The van der Waals surface area contributed by atoms with Gasteiger partial charge < -0.3 is 9.84 Å². The summed E-state index contributed by atoms with van der Waals surface area (Å²) in [6, 6.07) is 4.93. The van der Waals surface area contributed by atoms with Gasteiger partial charge in [0.15, 0.2) is 0 Å². The van der Waals surface area contributed by atoms with Crippen LogP contribution in [0.5, 0.6) is 5.75 Å². The first-order chi connectivity index (χ1) is 8.60. The van der Waals surface area contributed by atoms with Crippen LogP contribution in [-0.2, 0) is 6.54 Å². The highest BCUT2D eigenvalue weighted by Gasteiger charge is 2.51. The first-order valence-corrected chi connectivity index (χ1v) is 6.38. The van der Waals surface area contributed by atoms with E-state index < -0.39 is 5.60 Å². The van der Waals surface area contributed by atoms with E-state index in [1.54, 1.807) is 12.1 Å². The largest absolute Gasteiger partial charge is 0.497 e. The molecule has 1 aliphatic carbocycles. The molecule has 1 aromatic rings. The van der Waals surface area contributed by atoms with Crippen LogP contribution in [-0.4, -0.2) is 35.8 Å². The SMILES string of the molecule is COc1ccc(CN2CC(O)(C3CC3)C2)c(F)c1. The molecule has 2 aliphatic rings. The van der Waals surface area contributed by atoms with E-state index in [2.05, 4.69) is 4.90 Å². The van der Waals surface area contributed by atoms with Crippen LogP contribution in [0.4, 0.5) is 4.39 Å². The van der Waals surface area contributed by atoms with E-state index in [-0.39, 0.29) is 5.82 Å². The summed E-state index contributed by atoms with van der Waals surface area (Å²) in [7, 11) is 1.53. The van der Waals surface area contributed by atoms with Crippen molar-refractivity contribution >= 4 is 0 Å². The van der Waals surface area contributed by atoms with Gasteiger partial charge in [-0.15, -0.1) is 0 Å². The molecule has 0 atom stereocenters. The fraction of sp³-hybridized carbons (Fsp3) is 0.571. The van der Waals surface area contributed by atoms with Gasteiger partial charge in [-0.2, -0.15) is 0 Å². The molecule has 2 fully saturated rings. The molecule has 0 aromatic heterocycles. The van der Waals surface area contributed by atoms with Crippen molar-refractivity contribution < 1.29 is 14.2 Å². The molecule has 1 aliphatic heterocycles. The predicted molar refractivity (Wildman–Crippen MR) is 65.9 cm³/mol. The van der Waals surface area contributed by atoms with Crippen molar-refractivity contribution in [1.82, 2.24) is 4.90 Å². The highest BCUT2D eigenvalue weighted by Crippen LogP contribution is 2.44. The Kier molecular flexibility index (Phi) is 2.79. The van der Waals surface area contributed by atoms with E-state index in [4.69, 9.17) is 4.74 Å². The maximum atomic E-state index is 13.8. The van der Waals surface area contributed by atoms with E-state index in [1.165, 1.54) is 13.2 Å². The Morgan fingerprint density at radius 2 is 2.17 bits per heavy atom. The summed E-state index contributed by atoms with van der Waals surface area (Å²) in [4.78, 5) is 2.09. The number of β-amino-alcohol motifs (C(OH)–C–C–N with tert-alkyl or cyclic N) is 1. The molecular weight excluding hydrogens is 233 g/mol. The van der Waals surface area contributed by atoms with Crippen LogP contribution < -0.4 is 4.74 Å². The predicted octanol–water partition coefficient (Wildman–Crippen LogP) is 1.79. The Morgan fingerprint density at radius 1 is 1.44 bits per heavy atom. The van der Waals surface area contributed by atoms with E-state index >= 15 is 0 Å². The third kappa shape index (κ3) is 2.10. The number of benzene rings is 1. The van der Waals surface area contributed by atoms with Gasteiger partial charge in [0.1, 0.15) is 11.6 Å². The molecule has 18 heavy (non-hydrogen) atoms. The lowest BCUT2D eigenvalue weighted by Crippen LogP contribution is -2.62. The van der Waals surface area contributed by atoms with E-state index in [1.807, 2.05) is 0 Å². The number of ether oxygens (including phenoxy) is 1. The summed E-state index contributed by atoms with van der Waals surface area (Å²) in [6.07, 6.45) is 2.28. The molecule has 1 saturated heterocycles. The van der Waals surface area contributed by atoms with Crippen molar-refractivity contribution in [1.29, 1.82) is 0 Å². The normalized spacial score (nSPS) is 22.6. The fourth-order valence-corrected chi connectivity index (χ4v) is 2.74. The molecule has 1 saturated carbocycles. The second-order valence-corrected chi connectivity index (χ2v) is 5.48. The van der Waals surface area contributed by atoms with Crippen LogP contribution in [0, 0.1) is 11.7 Å². The Labute approximate surface area is 106 Å². The zero-order chi connectivity index (χ0) is 12.8. The van der Waals surface area contributed by atoms with Crippen molar-refractivity contribution in [2.75, 3.05) is 20.2 Å². The molecule has 0 spiro atoms. The maximum absolute atomic E-state index is 13.8. The second kappa shape index (κ2) is 4.21. The molecule has 1 aromatic carbocycles. The average molecular weight is 251 g/mol.